The predicted molar refractivity (Wildman–Crippen MR) is 281 cm³/mol. The smallest absolute Gasteiger partial charge is 0.161 e. The zero-order valence-corrected chi connectivity index (χ0v) is 38.2. The molecule has 68 heavy (non-hydrogen) atoms. The maximum absolute atomic E-state index is 6.75. The van der Waals surface area contributed by atoms with Crippen LogP contribution in [0.1, 0.15) is 49.9 Å². The summed E-state index contributed by atoms with van der Waals surface area (Å²) in [5.41, 5.74) is 25.5. The zero-order valence-electron chi connectivity index (χ0n) is 38.2. The minimum atomic E-state index is -0.105. The Morgan fingerprint density at radius 1 is 0.324 bits per heavy atom. The van der Waals surface area contributed by atoms with E-state index in [0.717, 1.165) is 99.6 Å². The molecule has 0 saturated heterocycles. The van der Waals surface area contributed by atoms with Gasteiger partial charge in [0.1, 0.15) is 22.2 Å². The molecule has 0 spiro atoms. The SMILES string of the molecule is CC1(C)c2ccccc2-c2ccc(-n3c4ccc(-c5ccc(-c6ccc7c(c6)c6oc8ccccc8c6n7-c6ccc7c(c6)C(C)(C)c6ccccc6-7)cc5)cc4c4oc5ccccc5c43)cc21. The van der Waals surface area contributed by atoms with Gasteiger partial charge in [-0.05, 0) is 140 Å². The molecule has 4 heterocycles. The summed E-state index contributed by atoms with van der Waals surface area (Å²) in [6.07, 6.45) is 0. The number of aromatic nitrogens is 2. The van der Waals surface area contributed by atoms with Gasteiger partial charge in [-0.2, -0.15) is 0 Å². The molecule has 2 aliphatic carbocycles. The summed E-state index contributed by atoms with van der Waals surface area (Å²) in [5, 5.41) is 4.42. The maximum Gasteiger partial charge on any atom is 0.161 e. The molecule has 15 rings (SSSR count). The Bertz CT molecular complexity index is 4040. The number of furan rings is 2. The van der Waals surface area contributed by atoms with Crippen LogP contribution in [0, 0.1) is 0 Å². The van der Waals surface area contributed by atoms with E-state index in [0.29, 0.717) is 0 Å². The third-order valence-corrected chi connectivity index (χ3v) is 15.8. The molecule has 0 saturated carbocycles. The number of para-hydroxylation sites is 2. The fourth-order valence-electron chi connectivity index (χ4n) is 12.4. The predicted octanol–water partition coefficient (Wildman–Crippen LogP) is 17.3. The van der Waals surface area contributed by atoms with Crippen molar-refractivity contribution in [1.29, 1.82) is 0 Å². The van der Waals surface area contributed by atoms with Gasteiger partial charge in [0.15, 0.2) is 11.2 Å². The molecule has 4 heteroatoms. The average molecular weight is 873 g/mol. The fourth-order valence-corrected chi connectivity index (χ4v) is 12.4. The normalized spacial score (nSPS) is 14.4. The molecule has 0 N–H and O–H groups in total. The first-order valence-electron chi connectivity index (χ1n) is 23.7. The van der Waals surface area contributed by atoms with Gasteiger partial charge in [-0.15, -0.1) is 0 Å². The molecule has 0 amide bonds. The van der Waals surface area contributed by atoms with Crippen LogP contribution in [-0.4, -0.2) is 9.13 Å². The molecule has 2 aliphatic rings. The summed E-state index contributed by atoms with van der Waals surface area (Å²) < 4.78 is 18.3. The average Bonchev–Trinajstić information content (AvgIpc) is 4.19. The highest BCUT2D eigenvalue weighted by atomic mass is 16.3. The van der Waals surface area contributed by atoms with E-state index < -0.39 is 0 Å². The number of hydrogen-bond donors (Lipinski definition) is 0. The fraction of sp³-hybridized carbons (Fsp3) is 0.0938. The van der Waals surface area contributed by atoms with Crippen LogP contribution in [0.25, 0.3) is 122 Å². The van der Waals surface area contributed by atoms with Crippen molar-refractivity contribution in [2.75, 3.05) is 0 Å². The Hall–Kier alpha value is -8.34. The highest BCUT2D eigenvalue weighted by Gasteiger charge is 2.37. The highest BCUT2D eigenvalue weighted by molar-refractivity contribution is 6.18. The molecule has 0 bridgehead atoms. The van der Waals surface area contributed by atoms with Crippen LogP contribution in [0.2, 0.25) is 0 Å². The Labute approximate surface area is 392 Å². The van der Waals surface area contributed by atoms with Gasteiger partial charge in [-0.25, -0.2) is 0 Å². The van der Waals surface area contributed by atoms with Gasteiger partial charge in [-0.3, -0.25) is 0 Å². The number of fused-ring (bicyclic) bond motifs is 16. The molecule has 0 atom stereocenters. The molecule has 0 unspecified atom stereocenters. The lowest BCUT2D eigenvalue weighted by atomic mass is 9.82. The lowest BCUT2D eigenvalue weighted by Gasteiger charge is -2.22. The summed E-state index contributed by atoms with van der Waals surface area (Å²) >= 11 is 0. The van der Waals surface area contributed by atoms with Gasteiger partial charge in [0.05, 0.1) is 11.0 Å². The van der Waals surface area contributed by atoms with Crippen molar-refractivity contribution in [3.05, 3.63) is 216 Å². The van der Waals surface area contributed by atoms with E-state index in [-0.39, 0.29) is 10.8 Å². The molecule has 0 aliphatic heterocycles. The van der Waals surface area contributed by atoms with E-state index in [1.165, 1.54) is 44.5 Å². The minimum Gasteiger partial charge on any atom is -0.454 e. The van der Waals surface area contributed by atoms with Gasteiger partial charge in [0, 0.05) is 43.7 Å². The molecular weight excluding hydrogens is 829 g/mol. The van der Waals surface area contributed by atoms with Crippen molar-refractivity contribution in [1.82, 2.24) is 9.13 Å². The lowest BCUT2D eigenvalue weighted by Crippen LogP contribution is -2.15. The van der Waals surface area contributed by atoms with Crippen LogP contribution in [-0.2, 0) is 10.8 Å². The van der Waals surface area contributed by atoms with Crippen molar-refractivity contribution >= 4 is 65.9 Å². The van der Waals surface area contributed by atoms with Gasteiger partial charge < -0.3 is 18.0 Å². The second-order valence-electron chi connectivity index (χ2n) is 20.1. The molecule has 4 aromatic heterocycles. The summed E-state index contributed by atoms with van der Waals surface area (Å²) in [4.78, 5) is 0. The molecule has 4 nitrogen and oxygen atoms in total. The van der Waals surface area contributed by atoms with E-state index in [1.54, 1.807) is 0 Å². The largest absolute Gasteiger partial charge is 0.454 e. The first kappa shape index (κ1) is 37.8. The summed E-state index contributed by atoms with van der Waals surface area (Å²) in [5.74, 6) is 0. The van der Waals surface area contributed by atoms with Gasteiger partial charge in [0.2, 0.25) is 0 Å². The van der Waals surface area contributed by atoms with Crippen LogP contribution >= 0.6 is 0 Å². The van der Waals surface area contributed by atoms with Crippen LogP contribution < -0.4 is 0 Å². The Morgan fingerprint density at radius 3 is 1.16 bits per heavy atom. The second-order valence-corrected chi connectivity index (χ2v) is 20.1. The molecule has 0 radical (unpaired) electrons. The number of hydrogen-bond acceptors (Lipinski definition) is 2. The quantitative estimate of drug-likeness (QED) is 0.177. The Kier molecular flexibility index (Phi) is 7.33. The van der Waals surface area contributed by atoms with Gasteiger partial charge in [-0.1, -0.05) is 149 Å². The minimum absolute atomic E-state index is 0.105. The third kappa shape index (κ3) is 4.94. The standard InChI is InChI=1S/C64H44N2O2/c1-63(2)51-17-9-5-13-43(51)45-29-27-41(35-53(45)63)65-55-31-25-39(33-49(55)61-59(65)47-15-7-11-19-57(47)67-61)37-21-23-38(24-22-37)40-26-32-56-50(34-40)62-60(48-16-8-12-20-58(48)68-62)66(56)42-28-30-46-44-14-6-10-18-52(44)64(3,4)54(46)36-42/h5-36H,1-4H3. The van der Waals surface area contributed by atoms with Crippen LogP contribution in [0.4, 0.5) is 0 Å². The van der Waals surface area contributed by atoms with E-state index >= 15 is 0 Å². The molecular formula is C64H44N2O2. The maximum atomic E-state index is 6.75. The summed E-state index contributed by atoms with van der Waals surface area (Å²) in [7, 11) is 0. The topological polar surface area (TPSA) is 36.1 Å². The van der Waals surface area contributed by atoms with Crippen molar-refractivity contribution in [3.63, 3.8) is 0 Å². The number of nitrogens with zero attached hydrogens (tertiary/aromatic N) is 2. The summed E-state index contributed by atoms with van der Waals surface area (Å²) in [6.45, 7) is 9.39. The van der Waals surface area contributed by atoms with Crippen molar-refractivity contribution < 1.29 is 8.83 Å². The third-order valence-electron chi connectivity index (χ3n) is 15.8. The zero-order chi connectivity index (χ0) is 45.2. The van der Waals surface area contributed by atoms with Crippen molar-refractivity contribution in [3.8, 4) is 55.9 Å². The summed E-state index contributed by atoms with van der Waals surface area (Å²) in [6, 6.07) is 71.2. The second kappa shape index (κ2) is 13.2. The molecule has 9 aromatic carbocycles. The number of rotatable bonds is 4. The van der Waals surface area contributed by atoms with E-state index in [2.05, 4.69) is 231 Å². The first-order valence-corrected chi connectivity index (χ1v) is 23.7. The van der Waals surface area contributed by atoms with Crippen molar-refractivity contribution in [2.24, 2.45) is 0 Å². The highest BCUT2D eigenvalue weighted by Crippen LogP contribution is 2.52. The van der Waals surface area contributed by atoms with Gasteiger partial charge in [0.25, 0.3) is 0 Å². The van der Waals surface area contributed by atoms with Crippen LogP contribution in [0.3, 0.4) is 0 Å². The van der Waals surface area contributed by atoms with E-state index in [4.69, 9.17) is 8.83 Å². The molecule has 322 valence electrons. The van der Waals surface area contributed by atoms with Gasteiger partial charge >= 0.3 is 0 Å². The first-order chi connectivity index (χ1) is 33.2. The number of benzene rings is 9. The van der Waals surface area contributed by atoms with Crippen molar-refractivity contribution in [2.45, 2.75) is 38.5 Å². The Balaban J connectivity index is 0.834. The monoisotopic (exact) mass is 872 g/mol. The Morgan fingerprint density at radius 2 is 0.706 bits per heavy atom. The van der Waals surface area contributed by atoms with Crippen LogP contribution in [0.5, 0.6) is 0 Å². The lowest BCUT2D eigenvalue weighted by molar-refractivity contribution is 0.659. The molecule has 13 aromatic rings. The van der Waals surface area contributed by atoms with E-state index in [1.807, 2.05) is 0 Å². The van der Waals surface area contributed by atoms with Crippen LogP contribution in [0.15, 0.2) is 203 Å². The van der Waals surface area contributed by atoms with E-state index in [9.17, 15) is 0 Å². The molecule has 0 fully saturated rings.